The minimum absolute atomic E-state index is 0.615. The van der Waals surface area contributed by atoms with Crippen molar-refractivity contribution in [2.24, 2.45) is 5.92 Å². The lowest BCUT2D eigenvalue weighted by Gasteiger charge is -2.37. The fourth-order valence-corrected chi connectivity index (χ4v) is 3.81. The minimum Gasteiger partial charge on any atom is -0.373 e. The van der Waals surface area contributed by atoms with E-state index in [-0.39, 0.29) is 0 Å². The summed E-state index contributed by atoms with van der Waals surface area (Å²) in [6, 6.07) is 12.1. The van der Waals surface area contributed by atoms with E-state index in [1.807, 2.05) is 49.5 Å². The largest absolute Gasteiger partial charge is 0.373 e. The van der Waals surface area contributed by atoms with Gasteiger partial charge in [-0.2, -0.15) is 0 Å². The Labute approximate surface area is 217 Å². The van der Waals surface area contributed by atoms with Gasteiger partial charge in [0, 0.05) is 61.9 Å². The number of pyridine rings is 1. The van der Waals surface area contributed by atoms with Gasteiger partial charge in [-0.25, -0.2) is 0 Å². The molecule has 188 valence electrons. The first-order valence-electron chi connectivity index (χ1n) is 12.1. The van der Waals surface area contributed by atoms with Crippen LogP contribution >= 0.6 is 11.6 Å². The standard InChI is InChI=1S/C30H41ClN4/c1-10-33(8)25(6)30(26(7)34(9)18-17-22(2)3)35(21-27-13-15-29(31)16-14-27)24(5)19-28-12-11-23(4)32-20-28/h10-16,20,22H,1,5,7,17-19,21H2,2-4,6,8-9H3/b30-25+. The number of rotatable bonds is 13. The third-order valence-corrected chi connectivity index (χ3v) is 6.46. The Kier molecular flexibility index (Phi) is 10.7. The van der Waals surface area contributed by atoms with E-state index in [1.165, 1.54) is 0 Å². The maximum absolute atomic E-state index is 6.17. The van der Waals surface area contributed by atoms with E-state index in [0.29, 0.717) is 18.9 Å². The second-order valence-corrected chi connectivity index (χ2v) is 9.98. The summed E-state index contributed by atoms with van der Waals surface area (Å²) in [4.78, 5) is 11.0. The molecular weight excluding hydrogens is 452 g/mol. The molecule has 4 nitrogen and oxygen atoms in total. The molecule has 1 aromatic heterocycles. The smallest absolute Gasteiger partial charge is 0.0837 e. The average molecular weight is 493 g/mol. The predicted octanol–water partition coefficient (Wildman–Crippen LogP) is 7.40. The minimum atomic E-state index is 0.615. The van der Waals surface area contributed by atoms with Crippen molar-refractivity contribution in [2.75, 3.05) is 20.6 Å². The van der Waals surface area contributed by atoms with Gasteiger partial charge >= 0.3 is 0 Å². The Balaban J connectivity index is 2.54. The zero-order valence-corrected chi connectivity index (χ0v) is 23.1. The van der Waals surface area contributed by atoms with Gasteiger partial charge in [-0.15, -0.1) is 0 Å². The van der Waals surface area contributed by atoms with Crippen molar-refractivity contribution in [3.8, 4) is 0 Å². The van der Waals surface area contributed by atoms with Crippen LogP contribution in [0.25, 0.3) is 0 Å². The molecule has 0 saturated carbocycles. The molecular formula is C30H41ClN4. The maximum Gasteiger partial charge on any atom is 0.0837 e. The second kappa shape index (κ2) is 13.2. The van der Waals surface area contributed by atoms with Crippen LogP contribution in [0.5, 0.6) is 0 Å². The van der Waals surface area contributed by atoms with Crippen LogP contribution in [0.2, 0.25) is 5.02 Å². The summed E-state index contributed by atoms with van der Waals surface area (Å²) in [7, 11) is 4.12. The molecule has 1 aromatic carbocycles. The number of likely N-dealkylation sites (N-methyl/N-ethyl adjacent to an activating group) is 1. The molecule has 1 heterocycles. The summed E-state index contributed by atoms with van der Waals surface area (Å²) in [6.45, 7) is 23.2. The van der Waals surface area contributed by atoms with Gasteiger partial charge < -0.3 is 14.7 Å². The fourth-order valence-electron chi connectivity index (χ4n) is 3.69. The first-order valence-corrected chi connectivity index (χ1v) is 12.5. The Morgan fingerprint density at radius 3 is 2.23 bits per heavy atom. The van der Waals surface area contributed by atoms with E-state index >= 15 is 0 Å². The zero-order chi connectivity index (χ0) is 26.1. The molecule has 0 spiro atoms. The molecule has 0 saturated heterocycles. The van der Waals surface area contributed by atoms with E-state index in [9.17, 15) is 0 Å². The summed E-state index contributed by atoms with van der Waals surface area (Å²) in [5, 5.41) is 0.723. The van der Waals surface area contributed by atoms with Crippen LogP contribution in [0.15, 0.2) is 91.3 Å². The predicted molar refractivity (Wildman–Crippen MR) is 151 cm³/mol. The van der Waals surface area contributed by atoms with Crippen LogP contribution in [0.3, 0.4) is 0 Å². The molecule has 35 heavy (non-hydrogen) atoms. The highest BCUT2D eigenvalue weighted by atomic mass is 35.5. The number of hydrogen-bond acceptors (Lipinski definition) is 4. The topological polar surface area (TPSA) is 22.6 Å². The summed E-state index contributed by atoms with van der Waals surface area (Å²) >= 11 is 6.17. The molecule has 0 atom stereocenters. The highest BCUT2D eigenvalue weighted by molar-refractivity contribution is 6.30. The molecule has 5 heteroatoms. The molecule has 0 radical (unpaired) electrons. The zero-order valence-electron chi connectivity index (χ0n) is 22.3. The van der Waals surface area contributed by atoms with Gasteiger partial charge in [0.05, 0.1) is 11.4 Å². The quantitative estimate of drug-likeness (QED) is 0.271. The monoisotopic (exact) mass is 492 g/mol. The van der Waals surface area contributed by atoms with Gasteiger partial charge in [0.15, 0.2) is 0 Å². The van der Waals surface area contributed by atoms with Gasteiger partial charge in [-0.05, 0) is 61.7 Å². The first kappa shape index (κ1) is 28.3. The van der Waals surface area contributed by atoms with Gasteiger partial charge in [0.2, 0.25) is 0 Å². The third-order valence-electron chi connectivity index (χ3n) is 6.21. The van der Waals surface area contributed by atoms with Gasteiger partial charge in [0.25, 0.3) is 0 Å². The van der Waals surface area contributed by atoms with E-state index in [4.69, 9.17) is 11.6 Å². The van der Waals surface area contributed by atoms with Crippen LogP contribution in [0.1, 0.15) is 44.0 Å². The summed E-state index contributed by atoms with van der Waals surface area (Å²) in [5.74, 6) is 0.615. The Bertz CT molecular complexity index is 1040. The molecule has 0 bridgehead atoms. The van der Waals surface area contributed by atoms with Gasteiger partial charge in [0.1, 0.15) is 0 Å². The van der Waals surface area contributed by atoms with Crippen molar-refractivity contribution in [2.45, 2.75) is 47.1 Å². The van der Waals surface area contributed by atoms with Crippen molar-refractivity contribution in [3.05, 3.63) is 113 Å². The number of allylic oxidation sites excluding steroid dienone is 2. The lowest BCUT2D eigenvalue weighted by Crippen LogP contribution is -2.32. The van der Waals surface area contributed by atoms with Crippen molar-refractivity contribution >= 4 is 11.6 Å². The highest BCUT2D eigenvalue weighted by Crippen LogP contribution is 2.30. The number of benzene rings is 1. The number of halogens is 1. The Morgan fingerprint density at radius 1 is 1.06 bits per heavy atom. The van der Waals surface area contributed by atoms with E-state index in [0.717, 1.165) is 57.6 Å². The SMILES string of the molecule is C=CN(C)/C(C)=C(\C(=C)N(C)CCC(C)C)N(Cc1ccc(Cl)cc1)C(=C)Cc1ccc(C)nc1. The van der Waals surface area contributed by atoms with Crippen LogP contribution in [-0.4, -0.2) is 40.3 Å². The van der Waals surface area contributed by atoms with E-state index in [1.54, 1.807) is 0 Å². The number of aryl methyl sites for hydroxylation is 1. The summed E-state index contributed by atoms with van der Waals surface area (Å²) in [6.07, 6.45) is 5.52. The number of nitrogens with zero attached hydrogens (tertiary/aromatic N) is 4. The normalized spacial score (nSPS) is 11.7. The lowest BCUT2D eigenvalue weighted by molar-refractivity contribution is 0.332. The fraction of sp³-hybridized carbons (Fsp3) is 0.367. The van der Waals surface area contributed by atoms with Crippen molar-refractivity contribution in [1.29, 1.82) is 0 Å². The molecule has 0 fully saturated rings. The van der Waals surface area contributed by atoms with Crippen LogP contribution in [0, 0.1) is 12.8 Å². The van der Waals surface area contributed by atoms with Gasteiger partial charge in [-0.1, -0.05) is 63.4 Å². The molecule has 0 unspecified atom stereocenters. The molecule has 0 aliphatic carbocycles. The van der Waals surface area contributed by atoms with Gasteiger partial charge in [-0.3, -0.25) is 4.98 Å². The van der Waals surface area contributed by atoms with E-state index in [2.05, 4.69) is 80.5 Å². The molecule has 0 aliphatic rings. The summed E-state index contributed by atoms with van der Waals surface area (Å²) < 4.78 is 0. The Morgan fingerprint density at radius 2 is 1.69 bits per heavy atom. The third kappa shape index (κ3) is 8.32. The van der Waals surface area contributed by atoms with Crippen LogP contribution < -0.4 is 0 Å². The molecule has 0 aliphatic heterocycles. The van der Waals surface area contributed by atoms with Crippen molar-refractivity contribution in [3.63, 3.8) is 0 Å². The van der Waals surface area contributed by atoms with Crippen molar-refractivity contribution in [1.82, 2.24) is 19.7 Å². The number of hydrogen-bond donors (Lipinski definition) is 0. The lowest BCUT2D eigenvalue weighted by atomic mass is 10.1. The highest BCUT2D eigenvalue weighted by Gasteiger charge is 2.23. The molecule has 2 rings (SSSR count). The first-order chi connectivity index (χ1) is 16.5. The molecule has 0 amide bonds. The molecule has 2 aromatic rings. The van der Waals surface area contributed by atoms with Crippen LogP contribution in [0.4, 0.5) is 0 Å². The van der Waals surface area contributed by atoms with Crippen molar-refractivity contribution < 1.29 is 0 Å². The average Bonchev–Trinajstić information content (AvgIpc) is 2.83. The second-order valence-electron chi connectivity index (χ2n) is 9.54. The Hall–Kier alpha value is -2.98. The molecule has 0 N–H and O–H groups in total. The summed E-state index contributed by atoms with van der Waals surface area (Å²) in [5.41, 5.74) is 7.26. The van der Waals surface area contributed by atoms with E-state index < -0.39 is 0 Å². The van der Waals surface area contributed by atoms with Crippen LogP contribution in [-0.2, 0) is 13.0 Å². The maximum atomic E-state index is 6.17. The number of aromatic nitrogens is 1.